The maximum Gasteiger partial charge on any atom is 0.258 e. The molecule has 4 heteroatoms. The highest BCUT2D eigenvalue weighted by atomic mass is 16.5. The summed E-state index contributed by atoms with van der Waals surface area (Å²) in [6.45, 7) is 1.95. The topological polar surface area (TPSA) is 51.5 Å². The number of furan rings is 1. The molecule has 1 aromatic heterocycles. The molecule has 2 rings (SSSR count). The standard InChI is InChI=1S/C15H17NO3/c1-12(10-14-8-5-9-18-14)16-15(17)11-19-13-6-3-2-4-7-13/h2-9,12H,10-11H2,1H3,(H,16,17). The maximum absolute atomic E-state index is 11.7. The Morgan fingerprint density at radius 2 is 2.05 bits per heavy atom. The van der Waals surface area contributed by atoms with Gasteiger partial charge in [-0.3, -0.25) is 4.79 Å². The van der Waals surface area contributed by atoms with E-state index >= 15 is 0 Å². The molecule has 0 spiro atoms. The summed E-state index contributed by atoms with van der Waals surface area (Å²) < 4.78 is 10.6. The van der Waals surface area contributed by atoms with Crippen molar-refractivity contribution in [3.8, 4) is 5.75 Å². The summed E-state index contributed by atoms with van der Waals surface area (Å²) in [5.74, 6) is 1.41. The summed E-state index contributed by atoms with van der Waals surface area (Å²) in [6, 6.07) is 13.0. The Hall–Kier alpha value is -2.23. The van der Waals surface area contributed by atoms with Gasteiger partial charge in [0.2, 0.25) is 0 Å². The molecule has 0 aliphatic carbocycles. The Balaban J connectivity index is 1.72. The molecule has 1 atom stereocenters. The van der Waals surface area contributed by atoms with Gasteiger partial charge in [0, 0.05) is 12.5 Å². The van der Waals surface area contributed by atoms with Gasteiger partial charge in [-0.1, -0.05) is 18.2 Å². The van der Waals surface area contributed by atoms with E-state index in [-0.39, 0.29) is 18.6 Å². The van der Waals surface area contributed by atoms with E-state index in [9.17, 15) is 4.79 Å². The fourth-order valence-electron chi connectivity index (χ4n) is 1.76. The molecular weight excluding hydrogens is 242 g/mol. The number of carbonyl (C=O) groups excluding carboxylic acids is 1. The molecule has 100 valence electrons. The number of nitrogens with one attached hydrogen (secondary N) is 1. The SMILES string of the molecule is CC(Cc1ccco1)NC(=O)COc1ccccc1. The second kappa shape index (κ2) is 6.64. The first-order chi connectivity index (χ1) is 9.24. The number of rotatable bonds is 6. The summed E-state index contributed by atoms with van der Waals surface area (Å²) in [5, 5.41) is 2.86. The Morgan fingerprint density at radius 3 is 2.74 bits per heavy atom. The number of carbonyl (C=O) groups is 1. The number of benzene rings is 1. The van der Waals surface area contributed by atoms with Crippen molar-refractivity contribution in [2.75, 3.05) is 6.61 Å². The van der Waals surface area contributed by atoms with Crippen molar-refractivity contribution in [3.63, 3.8) is 0 Å². The van der Waals surface area contributed by atoms with Crippen molar-refractivity contribution in [2.45, 2.75) is 19.4 Å². The molecule has 0 saturated carbocycles. The van der Waals surface area contributed by atoms with Gasteiger partial charge in [-0.15, -0.1) is 0 Å². The molecule has 0 aliphatic heterocycles. The molecule has 0 saturated heterocycles. The maximum atomic E-state index is 11.7. The van der Waals surface area contributed by atoms with Crippen molar-refractivity contribution < 1.29 is 13.9 Å². The minimum Gasteiger partial charge on any atom is -0.484 e. The normalized spacial score (nSPS) is 11.8. The highest BCUT2D eigenvalue weighted by Crippen LogP contribution is 2.08. The van der Waals surface area contributed by atoms with Gasteiger partial charge in [-0.2, -0.15) is 0 Å². The van der Waals surface area contributed by atoms with Crippen molar-refractivity contribution in [1.82, 2.24) is 5.32 Å². The number of ether oxygens (including phenoxy) is 1. The van der Waals surface area contributed by atoms with Crippen LogP contribution in [0.15, 0.2) is 53.1 Å². The van der Waals surface area contributed by atoms with Gasteiger partial charge in [0.1, 0.15) is 11.5 Å². The zero-order chi connectivity index (χ0) is 13.5. The first kappa shape index (κ1) is 13.2. The molecule has 0 bridgehead atoms. The van der Waals surface area contributed by atoms with Gasteiger partial charge in [-0.05, 0) is 31.2 Å². The lowest BCUT2D eigenvalue weighted by molar-refractivity contribution is -0.123. The van der Waals surface area contributed by atoms with Gasteiger partial charge in [0.25, 0.3) is 5.91 Å². The van der Waals surface area contributed by atoms with Crippen LogP contribution in [0.1, 0.15) is 12.7 Å². The largest absolute Gasteiger partial charge is 0.484 e. The van der Waals surface area contributed by atoms with E-state index in [1.165, 1.54) is 0 Å². The summed E-state index contributed by atoms with van der Waals surface area (Å²) in [6.07, 6.45) is 2.30. The van der Waals surface area contributed by atoms with E-state index in [0.29, 0.717) is 12.2 Å². The highest BCUT2D eigenvalue weighted by molar-refractivity contribution is 5.77. The minimum absolute atomic E-state index is 0.0121. The summed E-state index contributed by atoms with van der Waals surface area (Å²) in [4.78, 5) is 11.7. The second-order valence-corrected chi connectivity index (χ2v) is 4.35. The summed E-state index contributed by atoms with van der Waals surface area (Å²) in [7, 11) is 0. The fraction of sp³-hybridized carbons (Fsp3) is 0.267. The number of hydrogen-bond acceptors (Lipinski definition) is 3. The molecule has 1 heterocycles. The van der Waals surface area contributed by atoms with Crippen LogP contribution in [0.5, 0.6) is 5.75 Å². The van der Waals surface area contributed by atoms with Crippen LogP contribution < -0.4 is 10.1 Å². The quantitative estimate of drug-likeness (QED) is 0.866. The lowest BCUT2D eigenvalue weighted by atomic mass is 10.2. The van der Waals surface area contributed by atoms with Crippen molar-refractivity contribution >= 4 is 5.91 Å². The third-order valence-electron chi connectivity index (χ3n) is 2.61. The van der Waals surface area contributed by atoms with Crippen molar-refractivity contribution in [1.29, 1.82) is 0 Å². The molecule has 1 N–H and O–H groups in total. The molecule has 0 radical (unpaired) electrons. The monoisotopic (exact) mass is 259 g/mol. The smallest absolute Gasteiger partial charge is 0.258 e. The van der Waals surface area contributed by atoms with Crippen LogP contribution in [-0.4, -0.2) is 18.6 Å². The molecule has 1 amide bonds. The van der Waals surface area contributed by atoms with Crippen LogP contribution in [0, 0.1) is 0 Å². The Morgan fingerprint density at radius 1 is 1.26 bits per heavy atom. The van der Waals surface area contributed by atoms with Crippen LogP contribution >= 0.6 is 0 Å². The predicted molar refractivity (Wildman–Crippen MR) is 72.0 cm³/mol. The predicted octanol–water partition coefficient (Wildman–Crippen LogP) is 2.41. The van der Waals surface area contributed by atoms with Gasteiger partial charge in [-0.25, -0.2) is 0 Å². The molecule has 0 aliphatic rings. The van der Waals surface area contributed by atoms with Crippen LogP contribution in [0.3, 0.4) is 0 Å². The van der Waals surface area contributed by atoms with Crippen LogP contribution in [0.4, 0.5) is 0 Å². The average molecular weight is 259 g/mol. The zero-order valence-electron chi connectivity index (χ0n) is 10.8. The highest BCUT2D eigenvalue weighted by Gasteiger charge is 2.10. The van der Waals surface area contributed by atoms with Gasteiger partial charge >= 0.3 is 0 Å². The molecule has 1 aromatic carbocycles. The first-order valence-electron chi connectivity index (χ1n) is 6.23. The summed E-state index contributed by atoms with van der Waals surface area (Å²) >= 11 is 0. The summed E-state index contributed by atoms with van der Waals surface area (Å²) in [5.41, 5.74) is 0. The molecule has 1 unspecified atom stereocenters. The Labute approximate surface area is 112 Å². The second-order valence-electron chi connectivity index (χ2n) is 4.35. The zero-order valence-corrected chi connectivity index (χ0v) is 10.8. The van der Waals surface area contributed by atoms with E-state index in [1.807, 2.05) is 49.4 Å². The lowest BCUT2D eigenvalue weighted by Gasteiger charge is -2.13. The van der Waals surface area contributed by atoms with E-state index in [1.54, 1.807) is 6.26 Å². The van der Waals surface area contributed by atoms with E-state index in [0.717, 1.165) is 5.76 Å². The van der Waals surface area contributed by atoms with Gasteiger partial charge < -0.3 is 14.5 Å². The number of amides is 1. The van der Waals surface area contributed by atoms with Crippen molar-refractivity contribution in [2.24, 2.45) is 0 Å². The molecular formula is C15H17NO3. The van der Waals surface area contributed by atoms with Crippen LogP contribution in [0.2, 0.25) is 0 Å². The first-order valence-corrected chi connectivity index (χ1v) is 6.23. The van der Waals surface area contributed by atoms with Gasteiger partial charge in [0.15, 0.2) is 6.61 Å². The molecule has 2 aromatic rings. The third-order valence-corrected chi connectivity index (χ3v) is 2.61. The number of para-hydroxylation sites is 1. The van der Waals surface area contributed by atoms with Crippen LogP contribution in [-0.2, 0) is 11.2 Å². The minimum atomic E-state index is -0.136. The van der Waals surface area contributed by atoms with E-state index in [4.69, 9.17) is 9.15 Å². The van der Waals surface area contributed by atoms with Crippen LogP contribution in [0.25, 0.3) is 0 Å². The number of hydrogen-bond donors (Lipinski definition) is 1. The molecule has 0 fully saturated rings. The average Bonchev–Trinajstić information content (AvgIpc) is 2.90. The molecule has 19 heavy (non-hydrogen) atoms. The lowest BCUT2D eigenvalue weighted by Crippen LogP contribution is -2.37. The van der Waals surface area contributed by atoms with Crippen molar-refractivity contribution in [3.05, 3.63) is 54.5 Å². The molecule has 4 nitrogen and oxygen atoms in total. The Kier molecular flexibility index (Phi) is 4.61. The van der Waals surface area contributed by atoms with E-state index in [2.05, 4.69) is 5.32 Å². The Bertz CT molecular complexity index is 493. The third kappa shape index (κ3) is 4.50. The van der Waals surface area contributed by atoms with E-state index < -0.39 is 0 Å². The fourth-order valence-corrected chi connectivity index (χ4v) is 1.76. The van der Waals surface area contributed by atoms with Gasteiger partial charge in [0.05, 0.1) is 6.26 Å².